The van der Waals surface area contributed by atoms with Crippen molar-refractivity contribution in [2.75, 3.05) is 23.3 Å². The standard InChI is InChI=1S/C21H24N2O4S/c1-3-14-4-9-19(27-2)20(12-14)28(25,26)22-17-7-8-18-16(13-17)10-11-23(18)21(24)15-5-6-15/h4,7-9,12-13,15,22H,3,5-6,10-11H2,1-2H3. The molecule has 1 N–H and O–H groups in total. The lowest BCUT2D eigenvalue weighted by molar-refractivity contribution is -0.119. The molecule has 1 fully saturated rings. The van der Waals surface area contributed by atoms with Crippen molar-refractivity contribution in [3.8, 4) is 5.75 Å². The number of rotatable bonds is 6. The largest absolute Gasteiger partial charge is 0.495 e. The number of nitrogens with zero attached hydrogens (tertiary/aromatic N) is 1. The summed E-state index contributed by atoms with van der Waals surface area (Å²) in [5.74, 6) is 0.669. The lowest BCUT2D eigenvalue weighted by atomic mass is 10.1. The van der Waals surface area contributed by atoms with Crippen molar-refractivity contribution in [2.24, 2.45) is 5.92 Å². The summed E-state index contributed by atoms with van der Waals surface area (Å²) < 4.78 is 33.8. The van der Waals surface area contributed by atoms with E-state index < -0.39 is 10.0 Å². The topological polar surface area (TPSA) is 75.7 Å². The minimum absolute atomic E-state index is 0.125. The Balaban J connectivity index is 1.60. The number of carbonyl (C=O) groups excluding carboxylic acids is 1. The molecule has 0 radical (unpaired) electrons. The van der Waals surface area contributed by atoms with E-state index in [9.17, 15) is 13.2 Å². The summed E-state index contributed by atoms with van der Waals surface area (Å²) >= 11 is 0. The van der Waals surface area contributed by atoms with Gasteiger partial charge in [-0.25, -0.2) is 8.42 Å². The van der Waals surface area contributed by atoms with Gasteiger partial charge in [-0.05, 0) is 67.1 Å². The fourth-order valence-corrected chi connectivity index (χ4v) is 4.88. The second-order valence-electron chi connectivity index (χ2n) is 7.30. The van der Waals surface area contributed by atoms with Crippen molar-refractivity contribution in [1.82, 2.24) is 0 Å². The van der Waals surface area contributed by atoms with E-state index in [0.717, 1.165) is 42.5 Å². The molecule has 1 aliphatic heterocycles. The van der Waals surface area contributed by atoms with E-state index in [4.69, 9.17) is 4.74 Å². The van der Waals surface area contributed by atoms with Crippen LogP contribution in [0.5, 0.6) is 5.75 Å². The second kappa shape index (κ2) is 7.13. The molecule has 148 valence electrons. The summed E-state index contributed by atoms with van der Waals surface area (Å²) in [5, 5.41) is 0. The number of nitrogens with one attached hydrogen (secondary N) is 1. The van der Waals surface area contributed by atoms with Crippen molar-refractivity contribution in [3.63, 3.8) is 0 Å². The van der Waals surface area contributed by atoms with Gasteiger partial charge in [0.15, 0.2) is 0 Å². The van der Waals surface area contributed by atoms with Crippen LogP contribution in [0.25, 0.3) is 0 Å². The van der Waals surface area contributed by atoms with Crippen LogP contribution in [0.1, 0.15) is 30.9 Å². The van der Waals surface area contributed by atoms with E-state index in [2.05, 4.69) is 4.72 Å². The Hall–Kier alpha value is -2.54. The van der Waals surface area contributed by atoms with Gasteiger partial charge in [-0.15, -0.1) is 0 Å². The summed E-state index contributed by atoms with van der Waals surface area (Å²) in [6, 6.07) is 10.6. The van der Waals surface area contributed by atoms with Crippen molar-refractivity contribution in [1.29, 1.82) is 0 Å². The van der Waals surface area contributed by atoms with E-state index in [0.29, 0.717) is 18.0 Å². The average molecular weight is 401 g/mol. The second-order valence-corrected chi connectivity index (χ2v) is 8.95. The Labute approximate surface area is 165 Å². The van der Waals surface area contributed by atoms with Gasteiger partial charge in [0.1, 0.15) is 10.6 Å². The van der Waals surface area contributed by atoms with E-state index in [1.54, 1.807) is 18.2 Å². The molecule has 2 aromatic rings. The maximum atomic E-state index is 13.0. The molecule has 0 aromatic heterocycles. The summed E-state index contributed by atoms with van der Waals surface area (Å²) in [5.41, 5.74) is 3.29. The number of anilines is 2. The molecule has 0 bridgehead atoms. The lowest BCUT2D eigenvalue weighted by Crippen LogP contribution is -2.30. The average Bonchev–Trinajstić information content (AvgIpc) is 3.46. The zero-order valence-electron chi connectivity index (χ0n) is 16.1. The quantitative estimate of drug-likeness (QED) is 0.807. The Bertz CT molecular complexity index is 1030. The maximum Gasteiger partial charge on any atom is 0.265 e. The first-order valence-corrected chi connectivity index (χ1v) is 11.1. The third-order valence-electron chi connectivity index (χ3n) is 5.35. The van der Waals surface area contributed by atoms with Crippen LogP contribution < -0.4 is 14.4 Å². The van der Waals surface area contributed by atoms with Crippen LogP contribution in [0.4, 0.5) is 11.4 Å². The van der Waals surface area contributed by atoms with Crippen LogP contribution in [-0.2, 0) is 27.7 Å². The van der Waals surface area contributed by atoms with Crippen molar-refractivity contribution in [3.05, 3.63) is 47.5 Å². The van der Waals surface area contributed by atoms with Gasteiger partial charge < -0.3 is 9.64 Å². The highest BCUT2D eigenvalue weighted by Gasteiger charge is 2.36. The fourth-order valence-electron chi connectivity index (χ4n) is 3.61. The fraction of sp³-hybridized carbons (Fsp3) is 0.381. The molecule has 0 saturated heterocycles. The summed E-state index contributed by atoms with van der Waals surface area (Å²) in [4.78, 5) is 14.4. The first-order valence-electron chi connectivity index (χ1n) is 9.57. The monoisotopic (exact) mass is 400 g/mol. The zero-order valence-corrected chi connectivity index (χ0v) is 16.9. The third-order valence-corrected chi connectivity index (χ3v) is 6.75. The molecule has 7 heteroatoms. The molecule has 2 aliphatic rings. The molecule has 1 saturated carbocycles. The van der Waals surface area contributed by atoms with Crippen molar-refractivity contribution >= 4 is 27.3 Å². The van der Waals surface area contributed by atoms with Gasteiger partial charge in [-0.1, -0.05) is 13.0 Å². The van der Waals surface area contributed by atoms with Crippen LogP contribution in [0, 0.1) is 5.92 Å². The number of ether oxygens (including phenoxy) is 1. The van der Waals surface area contributed by atoms with Gasteiger partial charge in [0.05, 0.1) is 7.11 Å². The minimum Gasteiger partial charge on any atom is -0.495 e. The zero-order chi connectivity index (χ0) is 19.9. The smallest absolute Gasteiger partial charge is 0.265 e. The summed E-state index contributed by atoms with van der Waals surface area (Å²) in [7, 11) is -2.34. The lowest BCUT2D eigenvalue weighted by Gasteiger charge is -2.17. The molecule has 6 nitrogen and oxygen atoms in total. The number of aryl methyl sites for hydroxylation is 1. The molecule has 28 heavy (non-hydrogen) atoms. The number of carbonyl (C=O) groups is 1. The van der Waals surface area contributed by atoms with Crippen LogP contribution in [0.15, 0.2) is 41.3 Å². The molecule has 0 atom stereocenters. The number of methoxy groups -OCH3 is 1. The highest BCUT2D eigenvalue weighted by molar-refractivity contribution is 7.92. The molecule has 1 aliphatic carbocycles. The Kier molecular flexibility index (Phi) is 4.79. The Morgan fingerprint density at radius 3 is 2.68 bits per heavy atom. The molecular formula is C21H24N2O4S. The van der Waals surface area contributed by atoms with E-state index in [1.807, 2.05) is 30.0 Å². The molecule has 0 spiro atoms. The van der Waals surface area contributed by atoms with Gasteiger partial charge >= 0.3 is 0 Å². The molecule has 1 amide bonds. The highest BCUT2D eigenvalue weighted by Crippen LogP contribution is 2.37. The summed E-state index contributed by atoms with van der Waals surface area (Å²) in [6.07, 6.45) is 3.41. The third kappa shape index (κ3) is 3.46. The van der Waals surface area contributed by atoms with Crippen LogP contribution >= 0.6 is 0 Å². The maximum absolute atomic E-state index is 13.0. The number of hydrogen-bond acceptors (Lipinski definition) is 4. The molecule has 2 aromatic carbocycles. The van der Waals surface area contributed by atoms with Crippen LogP contribution in [-0.4, -0.2) is 28.0 Å². The molecule has 1 heterocycles. The Morgan fingerprint density at radius 2 is 2.00 bits per heavy atom. The minimum atomic E-state index is -3.79. The number of benzene rings is 2. The first kappa shape index (κ1) is 18.8. The van der Waals surface area contributed by atoms with Gasteiger partial charge in [0.25, 0.3) is 10.0 Å². The van der Waals surface area contributed by atoms with Crippen molar-refractivity contribution < 1.29 is 17.9 Å². The SMILES string of the molecule is CCc1ccc(OC)c(S(=O)(=O)Nc2ccc3c(c2)CCN3C(=O)C2CC2)c1. The Morgan fingerprint density at radius 1 is 1.21 bits per heavy atom. The van der Waals surface area contributed by atoms with Gasteiger partial charge in [0.2, 0.25) is 5.91 Å². The molecular weight excluding hydrogens is 376 g/mol. The first-order chi connectivity index (χ1) is 13.4. The van der Waals surface area contributed by atoms with E-state index >= 15 is 0 Å². The van der Waals surface area contributed by atoms with Crippen LogP contribution in [0.2, 0.25) is 0 Å². The number of sulfonamides is 1. The van der Waals surface area contributed by atoms with Gasteiger partial charge in [-0.2, -0.15) is 0 Å². The van der Waals surface area contributed by atoms with Gasteiger partial charge in [0, 0.05) is 23.8 Å². The number of amides is 1. The van der Waals surface area contributed by atoms with E-state index in [-0.39, 0.29) is 16.7 Å². The predicted octanol–water partition coefficient (Wildman–Crippen LogP) is 3.36. The van der Waals surface area contributed by atoms with Gasteiger partial charge in [-0.3, -0.25) is 9.52 Å². The summed E-state index contributed by atoms with van der Waals surface area (Å²) in [6.45, 7) is 2.63. The molecule has 4 rings (SSSR count). The number of hydrogen-bond donors (Lipinski definition) is 1. The molecule has 0 unspecified atom stereocenters. The van der Waals surface area contributed by atoms with Crippen LogP contribution in [0.3, 0.4) is 0 Å². The van der Waals surface area contributed by atoms with E-state index in [1.165, 1.54) is 7.11 Å². The highest BCUT2D eigenvalue weighted by atomic mass is 32.2. The van der Waals surface area contributed by atoms with Crippen molar-refractivity contribution in [2.45, 2.75) is 37.5 Å². The normalized spacial score (nSPS) is 16.0. The predicted molar refractivity (Wildman–Crippen MR) is 108 cm³/mol. The number of fused-ring (bicyclic) bond motifs is 1.